The summed E-state index contributed by atoms with van der Waals surface area (Å²) in [6.07, 6.45) is 1.63. The molecule has 0 aliphatic carbocycles. The Balaban J connectivity index is 2.85. The van der Waals surface area contributed by atoms with Gasteiger partial charge >= 0.3 is 5.97 Å². The molecule has 0 saturated heterocycles. The normalized spacial score (nSPS) is 13.7. The second-order valence-electron chi connectivity index (χ2n) is 4.79. The van der Waals surface area contributed by atoms with Crippen molar-refractivity contribution in [2.24, 2.45) is 0 Å². The molecule has 0 bridgehead atoms. The highest BCUT2D eigenvalue weighted by Crippen LogP contribution is 2.14. The van der Waals surface area contributed by atoms with E-state index >= 15 is 0 Å². The Labute approximate surface area is 127 Å². The number of benzene rings is 1. The van der Waals surface area contributed by atoms with Crippen LogP contribution in [0.2, 0.25) is 0 Å². The molecule has 0 heterocycles. The molecule has 5 nitrogen and oxygen atoms in total. The molecule has 0 spiro atoms. The number of hydrogen-bond donors (Lipinski definition) is 2. The molecule has 21 heavy (non-hydrogen) atoms. The number of aromatic carboxylic acids is 1. The maximum absolute atomic E-state index is 12.4. The molecule has 2 unspecified atom stereocenters. The van der Waals surface area contributed by atoms with Crippen molar-refractivity contribution in [2.45, 2.75) is 49.8 Å². The molecule has 1 aromatic rings. The van der Waals surface area contributed by atoms with Crippen LogP contribution in [0.3, 0.4) is 0 Å². The monoisotopic (exact) mass is 311 g/mol. The minimum Gasteiger partial charge on any atom is -0.478 e. The second kappa shape index (κ2) is 7.93. The first kappa shape index (κ1) is 17.4. The first-order valence-electron chi connectivity index (χ1n) is 6.95. The Morgan fingerprint density at radius 3 is 2.43 bits per heavy atom. The van der Waals surface area contributed by atoms with Crippen LogP contribution < -0.4 is 5.32 Å². The van der Waals surface area contributed by atoms with E-state index in [4.69, 9.17) is 5.11 Å². The zero-order valence-electron chi connectivity index (χ0n) is 12.5. The van der Waals surface area contributed by atoms with Gasteiger partial charge in [0.05, 0.1) is 16.4 Å². The third-order valence-electron chi connectivity index (χ3n) is 3.34. The maximum atomic E-state index is 12.4. The van der Waals surface area contributed by atoms with Crippen LogP contribution in [0.1, 0.15) is 44.0 Å². The molecule has 0 radical (unpaired) electrons. The molecule has 1 aromatic carbocycles. The quantitative estimate of drug-likeness (QED) is 0.808. The van der Waals surface area contributed by atoms with Gasteiger partial charge in [0.2, 0.25) is 5.91 Å². The number of carboxylic acids is 1. The van der Waals surface area contributed by atoms with Gasteiger partial charge in [-0.25, -0.2) is 4.79 Å². The van der Waals surface area contributed by atoms with E-state index in [0.717, 1.165) is 12.8 Å². The van der Waals surface area contributed by atoms with Gasteiger partial charge < -0.3 is 10.4 Å². The lowest BCUT2D eigenvalue weighted by atomic mass is 10.2. The number of nitrogens with one attached hydrogen (secondary N) is 1. The maximum Gasteiger partial charge on any atom is 0.335 e. The minimum absolute atomic E-state index is 0.0634. The number of carboxylic acid groups (broad SMARTS) is 1. The van der Waals surface area contributed by atoms with Gasteiger partial charge in [0.15, 0.2) is 0 Å². The fraction of sp³-hybridized carbons (Fsp3) is 0.467. The average molecular weight is 311 g/mol. The molecular weight excluding hydrogens is 290 g/mol. The summed E-state index contributed by atoms with van der Waals surface area (Å²) in [4.78, 5) is 23.4. The topological polar surface area (TPSA) is 83.5 Å². The lowest BCUT2D eigenvalue weighted by Crippen LogP contribution is -2.41. The average Bonchev–Trinajstić information content (AvgIpc) is 2.50. The predicted molar refractivity (Wildman–Crippen MR) is 81.8 cm³/mol. The van der Waals surface area contributed by atoms with Crippen molar-refractivity contribution in [1.29, 1.82) is 0 Å². The fourth-order valence-electron chi connectivity index (χ4n) is 1.87. The first-order chi connectivity index (χ1) is 9.90. The number of hydrogen-bond acceptors (Lipinski definition) is 3. The summed E-state index contributed by atoms with van der Waals surface area (Å²) in [5, 5.41) is 11.1. The molecular formula is C15H21NO4S. The Kier molecular flexibility index (Phi) is 6.55. The fourth-order valence-corrected chi connectivity index (χ4v) is 2.99. The van der Waals surface area contributed by atoms with Crippen molar-refractivity contribution in [3.05, 3.63) is 29.8 Å². The van der Waals surface area contributed by atoms with Crippen LogP contribution in [0.15, 0.2) is 29.2 Å². The first-order valence-corrected chi connectivity index (χ1v) is 8.16. The highest BCUT2D eigenvalue weighted by molar-refractivity contribution is 7.86. The second-order valence-corrected chi connectivity index (χ2v) is 6.57. The zero-order chi connectivity index (χ0) is 16.0. The Bertz CT molecular complexity index is 540. The molecule has 0 aliphatic heterocycles. The smallest absolute Gasteiger partial charge is 0.335 e. The van der Waals surface area contributed by atoms with E-state index in [-0.39, 0.29) is 17.5 Å². The summed E-state index contributed by atoms with van der Waals surface area (Å²) in [5.41, 5.74) is 0.0634. The number of carbonyl (C=O) groups excluding carboxylic acids is 1. The SMILES string of the molecule is CCC(CC)NC(=O)C(C)S(=O)c1cccc(C(=O)O)c1. The van der Waals surface area contributed by atoms with Gasteiger partial charge in [-0.15, -0.1) is 0 Å². The molecule has 1 amide bonds. The summed E-state index contributed by atoms with van der Waals surface area (Å²) < 4.78 is 12.4. The van der Waals surface area contributed by atoms with Crippen LogP contribution in [0.25, 0.3) is 0 Å². The van der Waals surface area contributed by atoms with Crippen LogP contribution in [0, 0.1) is 0 Å². The number of rotatable bonds is 7. The Morgan fingerprint density at radius 1 is 1.29 bits per heavy atom. The van der Waals surface area contributed by atoms with E-state index in [1.165, 1.54) is 18.2 Å². The van der Waals surface area contributed by atoms with Crippen molar-refractivity contribution < 1.29 is 18.9 Å². The van der Waals surface area contributed by atoms with E-state index in [1.807, 2.05) is 13.8 Å². The predicted octanol–water partition coefficient (Wildman–Crippen LogP) is 2.19. The van der Waals surface area contributed by atoms with Crippen LogP contribution in [0.4, 0.5) is 0 Å². The van der Waals surface area contributed by atoms with Crippen molar-refractivity contribution >= 4 is 22.7 Å². The van der Waals surface area contributed by atoms with E-state index in [2.05, 4.69) is 5.32 Å². The third kappa shape index (κ3) is 4.67. The van der Waals surface area contributed by atoms with Crippen molar-refractivity contribution in [3.63, 3.8) is 0 Å². The number of amides is 1. The lowest BCUT2D eigenvalue weighted by Gasteiger charge is -2.18. The molecule has 2 N–H and O–H groups in total. The summed E-state index contributed by atoms with van der Waals surface area (Å²) in [5.74, 6) is -1.36. The summed E-state index contributed by atoms with van der Waals surface area (Å²) in [7, 11) is -1.58. The van der Waals surface area contributed by atoms with E-state index in [9.17, 15) is 13.8 Å². The number of carbonyl (C=O) groups is 2. The van der Waals surface area contributed by atoms with Crippen LogP contribution >= 0.6 is 0 Å². The molecule has 1 rings (SSSR count). The van der Waals surface area contributed by atoms with Gasteiger partial charge in [0.25, 0.3) is 0 Å². The van der Waals surface area contributed by atoms with Gasteiger partial charge in [-0.05, 0) is 38.0 Å². The van der Waals surface area contributed by atoms with Gasteiger partial charge in [0.1, 0.15) is 5.25 Å². The minimum atomic E-state index is -1.58. The highest BCUT2D eigenvalue weighted by atomic mass is 32.2. The lowest BCUT2D eigenvalue weighted by molar-refractivity contribution is -0.121. The van der Waals surface area contributed by atoms with E-state index in [0.29, 0.717) is 4.90 Å². The standard InChI is InChI=1S/C15H21NO4S/c1-4-12(5-2)16-14(17)10(3)21(20)13-8-6-7-11(9-13)15(18)19/h6-10,12H,4-5H2,1-3H3,(H,16,17)(H,18,19). The summed E-state index contributed by atoms with van der Waals surface area (Å²) in [6.45, 7) is 5.54. The van der Waals surface area contributed by atoms with E-state index < -0.39 is 22.0 Å². The Morgan fingerprint density at radius 2 is 1.90 bits per heavy atom. The van der Waals surface area contributed by atoms with E-state index in [1.54, 1.807) is 13.0 Å². The molecule has 0 aliphatic rings. The molecule has 0 fully saturated rings. The molecule has 0 saturated carbocycles. The Hall–Kier alpha value is -1.69. The highest BCUT2D eigenvalue weighted by Gasteiger charge is 2.23. The largest absolute Gasteiger partial charge is 0.478 e. The van der Waals surface area contributed by atoms with Gasteiger partial charge in [-0.2, -0.15) is 0 Å². The van der Waals surface area contributed by atoms with Gasteiger partial charge in [-0.3, -0.25) is 9.00 Å². The molecule has 2 atom stereocenters. The molecule has 116 valence electrons. The van der Waals surface area contributed by atoms with Crippen molar-refractivity contribution in [2.75, 3.05) is 0 Å². The van der Waals surface area contributed by atoms with Crippen molar-refractivity contribution in [3.8, 4) is 0 Å². The van der Waals surface area contributed by atoms with Crippen molar-refractivity contribution in [1.82, 2.24) is 5.32 Å². The van der Waals surface area contributed by atoms with Crippen LogP contribution in [0.5, 0.6) is 0 Å². The van der Waals surface area contributed by atoms with Crippen LogP contribution in [-0.4, -0.2) is 32.5 Å². The van der Waals surface area contributed by atoms with Gasteiger partial charge in [0, 0.05) is 10.9 Å². The molecule has 0 aromatic heterocycles. The summed E-state index contributed by atoms with van der Waals surface area (Å²) in [6, 6.07) is 5.95. The zero-order valence-corrected chi connectivity index (χ0v) is 13.3. The summed E-state index contributed by atoms with van der Waals surface area (Å²) >= 11 is 0. The third-order valence-corrected chi connectivity index (χ3v) is 4.91. The molecule has 6 heteroatoms. The van der Waals surface area contributed by atoms with Crippen LogP contribution in [-0.2, 0) is 15.6 Å². The van der Waals surface area contributed by atoms with Gasteiger partial charge in [-0.1, -0.05) is 19.9 Å².